The first kappa shape index (κ1) is 16.8. The van der Waals surface area contributed by atoms with Gasteiger partial charge >= 0.3 is 0 Å². The molecule has 0 spiro atoms. The summed E-state index contributed by atoms with van der Waals surface area (Å²) in [6.45, 7) is 1.28. The third-order valence-electron chi connectivity index (χ3n) is 4.83. The second-order valence-corrected chi connectivity index (χ2v) is 8.06. The minimum absolute atomic E-state index is 0.00519. The van der Waals surface area contributed by atoms with Crippen LogP contribution >= 0.6 is 22.9 Å². The highest BCUT2D eigenvalue weighted by atomic mass is 35.5. The van der Waals surface area contributed by atoms with Gasteiger partial charge in [-0.3, -0.25) is 9.59 Å². The molecule has 0 aromatic carbocycles. The Labute approximate surface area is 146 Å². The number of carbonyl (C=O) groups excluding carboxylic acids is 2. The van der Waals surface area contributed by atoms with Crippen LogP contribution in [-0.4, -0.2) is 41.2 Å². The molecule has 1 N–H and O–H groups in total. The maximum Gasteiger partial charge on any atom is 0.235 e. The monoisotopic (exact) mass is 354 g/mol. The van der Waals surface area contributed by atoms with Gasteiger partial charge in [0.1, 0.15) is 5.92 Å². The van der Waals surface area contributed by atoms with E-state index in [1.165, 1.54) is 4.88 Å². The third kappa shape index (κ3) is 4.07. The first-order valence-corrected chi connectivity index (χ1v) is 9.71. The Morgan fingerprint density at radius 3 is 3.00 bits per heavy atom. The van der Waals surface area contributed by atoms with Crippen LogP contribution in [-0.2, 0) is 16.0 Å². The lowest BCUT2D eigenvalue weighted by Crippen LogP contribution is -2.43. The molecule has 2 fully saturated rings. The van der Waals surface area contributed by atoms with E-state index < -0.39 is 5.92 Å². The molecular weight excluding hydrogens is 332 g/mol. The van der Waals surface area contributed by atoms with Gasteiger partial charge in [-0.2, -0.15) is 0 Å². The van der Waals surface area contributed by atoms with Crippen molar-refractivity contribution >= 4 is 34.8 Å². The highest BCUT2D eigenvalue weighted by molar-refractivity contribution is 7.09. The Morgan fingerprint density at radius 1 is 1.39 bits per heavy atom. The molecule has 1 saturated carbocycles. The van der Waals surface area contributed by atoms with Gasteiger partial charge in [0.15, 0.2) is 0 Å². The van der Waals surface area contributed by atoms with Crippen LogP contribution in [0, 0.1) is 5.92 Å². The molecule has 2 heterocycles. The topological polar surface area (TPSA) is 49.4 Å². The van der Waals surface area contributed by atoms with Gasteiger partial charge in [0.25, 0.3) is 0 Å². The molecular formula is C17H23ClN2O2S. The van der Waals surface area contributed by atoms with E-state index in [2.05, 4.69) is 11.4 Å². The number of hydrogen-bond donors (Lipinski definition) is 1. The number of alkyl halides is 1. The van der Waals surface area contributed by atoms with Crippen LogP contribution in [0.3, 0.4) is 0 Å². The summed E-state index contributed by atoms with van der Waals surface area (Å²) in [5, 5.41) is 5.12. The van der Waals surface area contributed by atoms with Crippen LogP contribution < -0.4 is 5.32 Å². The van der Waals surface area contributed by atoms with Crippen molar-refractivity contribution in [1.29, 1.82) is 0 Å². The molecule has 3 atom stereocenters. The number of halogens is 1. The van der Waals surface area contributed by atoms with Crippen LogP contribution in [0.5, 0.6) is 0 Å². The Kier molecular flexibility index (Phi) is 5.59. The van der Waals surface area contributed by atoms with Crippen LogP contribution in [0.2, 0.25) is 0 Å². The predicted molar refractivity (Wildman–Crippen MR) is 92.7 cm³/mol. The summed E-state index contributed by atoms with van der Waals surface area (Å²) in [4.78, 5) is 28.0. The molecule has 1 saturated heterocycles. The first-order valence-electron chi connectivity index (χ1n) is 8.40. The SMILES string of the molecule is O=C(NCCc1cccs1)C1CCN(C2CCCC(Cl)C2)C1=O. The van der Waals surface area contributed by atoms with Gasteiger partial charge in [0, 0.05) is 29.4 Å². The number of rotatable bonds is 5. The van der Waals surface area contributed by atoms with E-state index in [1.54, 1.807) is 11.3 Å². The number of amides is 2. The zero-order chi connectivity index (χ0) is 16.2. The second-order valence-electron chi connectivity index (χ2n) is 6.41. The normalized spacial score (nSPS) is 28.1. The standard InChI is InChI=1S/C17H23ClN2O2S/c18-12-3-1-4-13(11-12)20-9-7-15(17(20)22)16(21)19-8-6-14-5-2-10-23-14/h2,5,10,12-13,15H,1,3-4,6-9,11H2,(H,19,21). The van der Waals surface area contributed by atoms with Crippen molar-refractivity contribution < 1.29 is 9.59 Å². The molecule has 1 aromatic rings. The fourth-order valence-electron chi connectivity index (χ4n) is 3.58. The van der Waals surface area contributed by atoms with Gasteiger partial charge in [-0.1, -0.05) is 6.07 Å². The molecule has 0 bridgehead atoms. The quantitative estimate of drug-likeness (QED) is 0.653. The summed E-state index contributed by atoms with van der Waals surface area (Å²) in [6, 6.07) is 4.29. The van der Waals surface area contributed by atoms with Gasteiger partial charge in [-0.15, -0.1) is 22.9 Å². The van der Waals surface area contributed by atoms with Crippen LogP contribution in [0.4, 0.5) is 0 Å². The van der Waals surface area contributed by atoms with E-state index in [-0.39, 0.29) is 23.2 Å². The number of nitrogens with one attached hydrogen (secondary N) is 1. The lowest BCUT2D eigenvalue weighted by atomic mass is 9.94. The number of likely N-dealkylation sites (tertiary alicyclic amines) is 1. The number of thiophene rings is 1. The summed E-state index contributed by atoms with van der Waals surface area (Å²) in [5.74, 6) is -0.629. The smallest absolute Gasteiger partial charge is 0.235 e. The fraction of sp³-hybridized carbons (Fsp3) is 0.647. The van der Waals surface area contributed by atoms with Gasteiger partial charge < -0.3 is 10.2 Å². The largest absolute Gasteiger partial charge is 0.355 e. The minimum atomic E-state index is -0.506. The van der Waals surface area contributed by atoms with Crippen LogP contribution in [0.25, 0.3) is 0 Å². The Morgan fingerprint density at radius 2 is 2.26 bits per heavy atom. The molecule has 1 aliphatic heterocycles. The minimum Gasteiger partial charge on any atom is -0.355 e. The van der Waals surface area contributed by atoms with E-state index >= 15 is 0 Å². The Bertz CT molecular complexity index is 549. The molecule has 3 unspecified atom stereocenters. The molecule has 23 heavy (non-hydrogen) atoms. The summed E-state index contributed by atoms with van der Waals surface area (Å²) in [7, 11) is 0. The Balaban J connectivity index is 1.48. The number of hydrogen-bond acceptors (Lipinski definition) is 3. The molecule has 2 aliphatic rings. The molecule has 0 radical (unpaired) electrons. The van der Waals surface area contributed by atoms with Crippen LogP contribution in [0.1, 0.15) is 37.0 Å². The lowest BCUT2D eigenvalue weighted by molar-refractivity contribution is -0.139. The summed E-state index contributed by atoms with van der Waals surface area (Å²) < 4.78 is 0. The van der Waals surface area contributed by atoms with E-state index in [0.717, 1.165) is 32.1 Å². The van der Waals surface area contributed by atoms with Crippen LogP contribution in [0.15, 0.2) is 17.5 Å². The van der Waals surface area contributed by atoms with Gasteiger partial charge in [-0.05, 0) is 50.0 Å². The van der Waals surface area contributed by atoms with Crippen molar-refractivity contribution in [3.63, 3.8) is 0 Å². The van der Waals surface area contributed by atoms with Gasteiger partial charge in [0.05, 0.1) is 0 Å². The summed E-state index contributed by atoms with van der Waals surface area (Å²) >= 11 is 7.93. The van der Waals surface area contributed by atoms with E-state index in [4.69, 9.17) is 11.6 Å². The van der Waals surface area contributed by atoms with Crippen molar-refractivity contribution in [2.45, 2.75) is 49.9 Å². The predicted octanol–water partition coefficient (Wildman–Crippen LogP) is 2.81. The highest BCUT2D eigenvalue weighted by Gasteiger charge is 2.40. The first-order chi connectivity index (χ1) is 11.1. The van der Waals surface area contributed by atoms with E-state index in [9.17, 15) is 9.59 Å². The maximum atomic E-state index is 12.6. The average molecular weight is 355 g/mol. The molecule has 126 valence electrons. The maximum absolute atomic E-state index is 12.6. The zero-order valence-corrected chi connectivity index (χ0v) is 14.7. The molecule has 3 rings (SSSR count). The van der Waals surface area contributed by atoms with Crippen molar-refractivity contribution in [1.82, 2.24) is 10.2 Å². The molecule has 6 heteroatoms. The highest BCUT2D eigenvalue weighted by Crippen LogP contribution is 2.31. The van der Waals surface area contributed by atoms with E-state index in [1.807, 2.05) is 16.3 Å². The van der Waals surface area contributed by atoms with Gasteiger partial charge in [0.2, 0.25) is 11.8 Å². The summed E-state index contributed by atoms with van der Waals surface area (Å²) in [5.41, 5.74) is 0. The number of nitrogens with zero attached hydrogens (tertiary/aromatic N) is 1. The molecule has 1 aliphatic carbocycles. The number of carbonyl (C=O) groups is 2. The van der Waals surface area contributed by atoms with Crippen molar-refractivity contribution in [2.24, 2.45) is 5.92 Å². The third-order valence-corrected chi connectivity index (χ3v) is 6.16. The molecule has 2 amide bonds. The molecule has 1 aromatic heterocycles. The summed E-state index contributed by atoms with van der Waals surface area (Å²) in [6.07, 6.45) is 5.44. The zero-order valence-electron chi connectivity index (χ0n) is 13.2. The average Bonchev–Trinajstić information content (AvgIpc) is 3.17. The molecule has 4 nitrogen and oxygen atoms in total. The van der Waals surface area contributed by atoms with Crippen molar-refractivity contribution in [3.8, 4) is 0 Å². The Hall–Kier alpha value is -1.07. The van der Waals surface area contributed by atoms with Gasteiger partial charge in [-0.25, -0.2) is 0 Å². The lowest BCUT2D eigenvalue weighted by Gasteiger charge is -2.33. The van der Waals surface area contributed by atoms with Crippen molar-refractivity contribution in [3.05, 3.63) is 22.4 Å². The fourth-order valence-corrected chi connectivity index (χ4v) is 4.65. The van der Waals surface area contributed by atoms with Crippen molar-refractivity contribution in [2.75, 3.05) is 13.1 Å². The van der Waals surface area contributed by atoms with E-state index in [0.29, 0.717) is 19.5 Å². The second kappa shape index (κ2) is 7.67.